The lowest BCUT2D eigenvalue weighted by Gasteiger charge is -2.12. The van der Waals surface area contributed by atoms with Crippen LogP contribution in [0.15, 0.2) is 18.2 Å². The lowest BCUT2D eigenvalue weighted by atomic mass is 10.2. The molecule has 1 aliphatic heterocycles. The van der Waals surface area contributed by atoms with Gasteiger partial charge in [-0.3, -0.25) is 0 Å². The highest BCUT2D eigenvalue weighted by Gasteiger charge is 2.18. The summed E-state index contributed by atoms with van der Waals surface area (Å²) in [6.07, 6.45) is 0.747. The van der Waals surface area contributed by atoms with Crippen LogP contribution in [0.2, 0.25) is 0 Å². The van der Waals surface area contributed by atoms with Crippen LogP contribution in [-0.4, -0.2) is 41.5 Å². The minimum absolute atomic E-state index is 0.0413. The molecule has 7 heteroatoms. The molecular weight excluding hydrogens is 252 g/mol. The van der Waals surface area contributed by atoms with E-state index in [0.717, 1.165) is 12.5 Å². The number of carbonyl (C=O) groups excluding carboxylic acids is 1. The number of carboxylic acid groups (broad SMARTS) is 1. The molecule has 4 N–H and O–H groups in total. The topological polar surface area (TPSA) is 108 Å². The van der Waals surface area contributed by atoms with Crippen molar-refractivity contribution in [2.24, 2.45) is 0 Å². The summed E-state index contributed by atoms with van der Waals surface area (Å²) in [6, 6.07) is 3.21. The first-order valence-corrected chi connectivity index (χ1v) is 5.78. The molecule has 19 heavy (non-hydrogen) atoms. The van der Waals surface area contributed by atoms with Gasteiger partial charge >= 0.3 is 12.0 Å². The summed E-state index contributed by atoms with van der Waals surface area (Å²) in [5.41, 5.74) is 0.106. The standard InChI is InChI=1S/C12H14N2O5/c15-10-5-7(11(16)17)1-2-9(10)14-12(18)13-8-3-4-19-6-8/h1-2,5,8,15H,3-4,6H2,(H,16,17)(H2,13,14,18). The largest absolute Gasteiger partial charge is 0.506 e. The van der Waals surface area contributed by atoms with E-state index in [9.17, 15) is 14.7 Å². The first-order valence-electron chi connectivity index (χ1n) is 5.78. The van der Waals surface area contributed by atoms with E-state index in [1.807, 2.05) is 0 Å². The van der Waals surface area contributed by atoms with Crippen LogP contribution in [0.1, 0.15) is 16.8 Å². The molecule has 1 atom stereocenters. The van der Waals surface area contributed by atoms with Gasteiger partial charge < -0.3 is 25.6 Å². The second-order valence-corrected chi connectivity index (χ2v) is 4.20. The zero-order valence-electron chi connectivity index (χ0n) is 10.0. The molecule has 2 rings (SSSR count). The van der Waals surface area contributed by atoms with Gasteiger partial charge in [-0.15, -0.1) is 0 Å². The van der Waals surface area contributed by atoms with E-state index in [1.54, 1.807) is 0 Å². The zero-order chi connectivity index (χ0) is 13.8. The Labute approximate surface area is 109 Å². The van der Waals surface area contributed by atoms with Crippen molar-refractivity contribution in [2.45, 2.75) is 12.5 Å². The fourth-order valence-corrected chi connectivity index (χ4v) is 1.76. The summed E-state index contributed by atoms with van der Waals surface area (Å²) in [7, 11) is 0. The van der Waals surface area contributed by atoms with Gasteiger partial charge in [-0.2, -0.15) is 0 Å². The number of nitrogens with one attached hydrogen (secondary N) is 2. The van der Waals surface area contributed by atoms with Crippen molar-refractivity contribution in [1.82, 2.24) is 5.32 Å². The van der Waals surface area contributed by atoms with Crippen LogP contribution in [0, 0.1) is 0 Å². The third-order valence-electron chi connectivity index (χ3n) is 2.76. The van der Waals surface area contributed by atoms with Gasteiger partial charge in [0.1, 0.15) is 5.75 Å². The average molecular weight is 266 g/mol. The molecule has 1 saturated heterocycles. The Balaban J connectivity index is 1.98. The zero-order valence-corrected chi connectivity index (χ0v) is 10.0. The number of benzene rings is 1. The number of aromatic carboxylic acids is 1. The molecule has 2 amide bonds. The Bertz CT molecular complexity index is 497. The predicted octanol–water partition coefficient (Wildman–Crippen LogP) is 1.00. The molecule has 1 aromatic rings. The second-order valence-electron chi connectivity index (χ2n) is 4.20. The van der Waals surface area contributed by atoms with E-state index in [1.165, 1.54) is 12.1 Å². The van der Waals surface area contributed by atoms with Crippen LogP contribution >= 0.6 is 0 Å². The van der Waals surface area contributed by atoms with E-state index in [4.69, 9.17) is 9.84 Å². The summed E-state index contributed by atoms with van der Waals surface area (Å²) in [6.45, 7) is 1.08. The molecule has 0 spiro atoms. The van der Waals surface area contributed by atoms with Crippen molar-refractivity contribution < 1.29 is 24.5 Å². The summed E-state index contributed by atoms with van der Waals surface area (Å²) in [4.78, 5) is 22.3. The minimum Gasteiger partial charge on any atom is -0.506 e. The molecule has 1 heterocycles. The van der Waals surface area contributed by atoms with Crippen LogP contribution in [0.25, 0.3) is 0 Å². The van der Waals surface area contributed by atoms with Gasteiger partial charge in [-0.1, -0.05) is 0 Å². The number of urea groups is 1. The second kappa shape index (κ2) is 5.57. The van der Waals surface area contributed by atoms with Gasteiger partial charge in [0.25, 0.3) is 0 Å². The molecule has 1 aromatic carbocycles. The van der Waals surface area contributed by atoms with Gasteiger partial charge in [0.2, 0.25) is 0 Å². The van der Waals surface area contributed by atoms with Crippen LogP contribution < -0.4 is 10.6 Å². The minimum atomic E-state index is -1.14. The lowest BCUT2D eigenvalue weighted by molar-refractivity contribution is 0.0696. The van der Waals surface area contributed by atoms with Crippen molar-refractivity contribution in [2.75, 3.05) is 18.5 Å². The molecule has 0 aliphatic carbocycles. The number of aromatic hydroxyl groups is 1. The Morgan fingerprint density at radius 3 is 2.74 bits per heavy atom. The maximum absolute atomic E-state index is 11.6. The number of hydrogen-bond donors (Lipinski definition) is 4. The van der Waals surface area contributed by atoms with Gasteiger partial charge in [-0.25, -0.2) is 9.59 Å². The van der Waals surface area contributed by atoms with Crippen molar-refractivity contribution in [3.63, 3.8) is 0 Å². The maximum Gasteiger partial charge on any atom is 0.335 e. The number of carboxylic acids is 1. The Morgan fingerprint density at radius 1 is 1.37 bits per heavy atom. The fraction of sp³-hybridized carbons (Fsp3) is 0.333. The molecule has 0 saturated carbocycles. The first-order chi connectivity index (χ1) is 9.06. The monoisotopic (exact) mass is 266 g/mol. The first kappa shape index (κ1) is 13.2. The van der Waals surface area contributed by atoms with E-state index in [2.05, 4.69) is 10.6 Å². The van der Waals surface area contributed by atoms with E-state index in [0.29, 0.717) is 13.2 Å². The summed E-state index contributed by atoms with van der Waals surface area (Å²) >= 11 is 0. The SMILES string of the molecule is O=C(Nc1ccc(C(=O)O)cc1O)NC1CCOC1. The quantitative estimate of drug-likeness (QED) is 0.610. The number of amides is 2. The Kier molecular flexibility index (Phi) is 3.86. The van der Waals surface area contributed by atoms with Gasteiger partial charge in [-0.05, 0) is 24.6 Å². The molecule has 0 radical (unpaired) electrons. The average Bonchev–Trinajstić information content (AvgIpc) is 2.84. The van der Waals surface area contributed by atoms with E-state index < -0.39 is 12.0 Å². The van der Waals surface area contributed by atoms with Crippen LogP contribution in [-0.2, 0) is 4.74 Å². The predicted molar refractivity (Wildman–Crippen MR) is 66.4 cm³/mol. The van der Waals surface area contributed by atoms with Crippen molar-refractivity contribution in [3.05, 3.63) is 23.8 Å². The van der Waals surface area contributed by atoms with Crippen molar-refractivity contribution in [3.8, 4) is 5.75 Å². The molecular formula is C12H14N2O5. The smallest absolute Gasteiger partial charge is 0.335 e. The third kappa shape index (κ3) is 3.35. The van der Waals surface area contributed by atoms with E-state index >= 15 is 0 Å². The highest BCUT2D eigenvalue weighted by atomic mass is 16.5. The summed E-state index contributed by atoms with van der Waals surface area (Å²) in [5, 5.41) is 23.5. The highest BCUT2D eigenvalue weighted by Crippen LogP contribution is 2.24. The van der Waals surface area contributed by atoms with Gasteiger partial charge in [0, 0.05) is 6.61 Å². The van der Waals surface area contributed by atoms with Crippen LogP contribution in [0.4, 0.5) is 10.5 Å². The number of phenols is 1. The van der Waals surface area contributed by atoms with Crippen molar-refractivity contribution in [1.29, 1.82) is 0 Å². The van der Waals surface area contributed by atoms with Crippen molar-refractivity contribution >= 4 is 17.7 Å². The Morgan fingerprint density at radius 2 is 2.16 bits per heavy atom. The molecule has 0 bridgehead atoms. The Hall–Kier alpha value is -2.28. The third-order valence-corrected chi connectivity index (χ3v) is 2.76. The number of anilines is 1. The number of ether oxygens (including phenoxy) is 1. The molecule has 102 valence electrons. The number of phenolic OH excluding ortho intramolecular Hbond substituents is 1. The van der Waals surface area contributed by atoms with Crippen LogP contribution in [0.5, 0.6) is 5.75 Å². The maximum atomic E-state index is 11.6. The van der Waals surface area contributed by atoms with Gasteiger partial charge in [0.05, 0.1) is 23.9 Å². The number of hydrogen-bond acceptors (Lipinski definition) is 4. The number of rotatable bonds is 3. The fourth-order valence-electron chi connectivity index (χ4n) is 1.76. The lowest BCUT2D eigenvalue weighted by Crippen LogP contribution is -2.38. The molecule has 1 aliphatic rings. The van der Waals surface area contributed by atoms with Gasteiger partial charge in [0.15, 0.2) is 0 Å². The van der Waals surface area contributed by atoms with E-state index in [-0.39, 0.29) is 23.0 Å². The molecule has 1 unspecified atom stereocenters. The normalized spacial score (nSPS) is 18.0. The van der Waals surface area contributed by atoms with Crippen LogP contribution in [0.3, 0.4) is 0 Å². The number of carbonyl (C=O) groups is 2. The molecule has 7 nitrogen and oxygen atoms in total. The summed E-state index contributed by atoms with van der Waals surface area (Å²) in [5.74, 6) is -1.44. The summed E-state index contributed by atoms with van der Waals surface area (Å²) < 4.78 is 5.12. The molecule has 1 fully saturated rings. The molecule has 0 aromatic heterocycles. The highest BCUT2D eigenvalue weighted by molar-refractivity contribution is 5.93.